The molecule has 0 amide bonds. The lowest BCUT2D eigenvalue weighted by Gasteiger charge is -2.22. The second-order valence-corrected chi connectivity index (χ2v) is 6.62. The molecule has 1 saturated carbocycles. The number of hydrogen-bond acceptors (Lipinski definition) is 4. The molecule has 19 heavy (non-hydrogen) atoms. The molecule has 2 unspecified atom stereocenters. The normalized spacial score (nSPS) is 23.4. The zero-order chi connectivity index (χ0) is 14.0. The fourth-order valence-corrected chi connectivity index (χ4v) is 2.53. The molecule has 1 fully saturated rings. The van der Waals surface area contributed by atoms with E-state index in [1.165, 1.54) is 19.3 Å². The lowest BCUT2D eigenvalue weighted by molar-refractivity contribution is 0.538. The van der Waals surface area contributed by atoms with E-state index in [-0.39, 0.29) is 5.41 Å². The van der Waals surface area contributed by atoms with Crippen LogP contribution in [0, 0.1) is 5.92 Å². The Labute approximate surface area is 116 Å². The second-order valence-electron chi connectivity index (χ2n) is 6.62. The van der Waals surface area contributed by atoms with E-state index in [1.54, 1.807) is 0 Å². The van der Waals surface area contributed by atoms with Gasteiger partial charge >= 0.3 is 0 Å². The van der Waals surface area contributed by atoms with Gasteiger partial charge in [-0.2, -0.15) is 0 Å². The van der Waals surface area contributed by atoms with Crippen molar-refractivity contribution in [3.63, 3.8) is 0 Å². The summed E-state index contributed by atoms with van der Waals surface area (Å²) >= 11 is 0. The molecule has 0 saturated heterocycles. The zero-order valence-corrected chi connectivity index (χ0v) is 12.7. The molecule has 4 heteroatoms. The van der Waals surface area contributed by atoms with E-state index < -0.39 is 0 Å². The van der Waals surface area contributed by atoms with Gasteiger partial charge in [-0.3, -0.25) is 0 Å². The van der Waals surface area contributed by atoms with Crippen LogP contribution in [0.3, 0.4) is 0 Å². The van der Waals surface area contributed by atoms with Crippen molar-refractivity contribution in [2.45, 2.75) is 58.4 Å². The molecule has 1 aliphatic rings. The fourth-order valence-electron chi connectivity index (χ4n) is 2.53. The van der Waals surface area contributed by atoms with Crippen LogP contribution < -0.4 is 10.6 Å². The van der Waals surface area contributed by atoms with Crippen molar-refractivity contribution >= 4 is 11.6 Å². The third kappa shape index (κ3) is 3.37. The van der Waals surface area contributed by atoms with Gasteiger partial charge in [-0.1, -0.05) is 34.1 Å². The molecule has 1 aliphatic carbocycles. The molecule has 0 aliphatic heterocycles. The van der Waals surface area contributed by atoms with E-state index in [0.29, 0.717) is 6.04 Å². The number of hydrogen-bond donors (Lipinski definition) is 2. The molecule has 2 N–H and O–H groups in total. The molecule has 0 aromatic carbocycles. The summed E-state index contributed by atoms with van der Waals surface area (Å²) in [5.41, 5.74) is -0.0371. The van der Waals surface area contributed by atoms with Gasteiger partial charge in [0.15, 0.2) is 0 Å². The summed E-state index contributed by atoms with van der Waals surface area (Å²) in [6.07, 6.45) is 3.87. The summed E-state index contributed by atoms with van der Waals surface area (Å²) in [5, 5.41) is 6.71. The Hall–Kier alpha value is -1.32. The van der Waals surface area contributed by atoms with Gasteiger partial charge in [-0.15, -0.1) is 0 Å². The van der Waals surface area contributed by atoms with Crippen LogP contribution in [-0.2, 0) is 5.41 Å². The summed E-state index contributed by atoms with van der Waals surface area (Å²) in [4.78, 5) is 9.24. The van der Waals surface area contributed by atoms with Crippen LogP contribution in [0.5, 0.6) is 0 Å². The van der Waals surface area contributed by atoms with Gasteiger partial charge in [-0.05, 0) is 18.8 Å². The summed E-state index contributed by atoms with van der Waals surface area (Å²) in [6.45, 7) is 8.74. The van der Waals surface area contributed by atoms with Gasteiger partial charge < -0.3 is 10.6 Å². The van der Waals surface area contributed by atoms with E-state index in [4.69, 9.17) is 0 Å². The number of nitrogens with one attached hydrogen (secondary N) is 2. The highest BCUT2D eigenvalue weighted by atomic mass is 15.1. The van der Waals surface area contributed by atoms with E-state index in [2.05, 4.69) is 48.3 Å². The first kappa shape index (κ1) is 14.1. The molecule has 2 atom stereocenters. The Morgan fingerprint density at radius 3 is 2.37 bits per heavy atom. The highest BCUT2D eigenvalue weighted by Gasteiger charge is 2.25. The molecule has 1 aromatic rings. The molecule has 1 aromatic heterocycles. The third-order valence-corrected chi connectivity index (χ3v) is 3.85. The van der Waals surface area contributed by atoms with Crippen LogP contribution in [0.25, 0.3) is 0 Å². The van der Waals surface area contributed by atoms with Crippen molar-refractivity contribution in [3.05, 3.63) is 11.9 Å². The first-order valence-electron chi connectivity index (χ1n) is 7.24. The number of nitrogens with zero attached hydrogens (tertiary/aromatic N) is 2. The molecule has 0 bridgehead atoms. The van der Waals surface area contributed by atoms with Crippen LogP contribution in [0.15, 0.2) is 6.07 Å². The molecule has 2 rings (SSSR count). The molecule has 0 spiro atoms. The van der Waals surface area contributed by atoms with Crippen LogP contribution in [-0.4, -0.2) is 23.1 Å². The lowest BCUT2D eigenvalue weighted by atomic mass is 9.96. The molecule has 0 radical (unpaired) electrons. The van der Waals surface area contributed by atoms with Gasteiger partial charge in [-0.25, -0.2) is 9.97 Å². The minimum absolute atomic E-state index is 0.0371. The highest BCUT2D eigenvalue weighted by Crippen LogP contribution is 2.29. The Balaban J connectivity index is 2.24. The fraction of sp³-hybridized carbons (Fsp3) is 0.733. The van der Waals surface area contributed by atoms with Crippen LogP contribution >= 0.6 is 0 Å². The zero-order valence-electron chi connectivity index (χ0n) is 12.7. The Morgan fingerprint density at radius 2 is 1.84 bits per heavy atom. The van der Waals surface area contributed by atoms with E-state index in [1.807, 2.05) is 13.1 Å². The van der Waals surface area contributed by atoms with Crippen LogP contribution in [0.2, 0.25) is 0 Å². The molecular formula is C15H26N4. The molecule has 1 heterocycles. The average molecular weight is 262 g/mol. The maximum absolute atomic E-state index is 4.69. The topological polar surface area (TPSA) is 49.8 Å². The van der Waals surface area contributed by atoms with Crippen molar-refractivity contribution in [3.8, 4) is 0 Å². The molecular weight excluding hydrogens is 236 g/mol. The summed E-state index contributed by atoms with van der Waals surface area (Å²) in [5.74, 6) is 3.44. The Morgan fingerprint density at radius 1 is 1.16 bits per heavy atom. The highest BCUT2D eigenvalue weighted by molar-refractivity contribution is 5.48. The van der Waals surface area contributed by atoms with Crippen molar-refractivity contribution in [2.24, 2.45) is 5.92 Å². The monoisotopic (exact) mass is 262 g/mol. The molecule has 4 nitrogen and oxygen atoms in total. The van der Waals surface area contributed by atoms with Crippen molar-refractivity contribution in [1.82, 2.24) is 9.97 Å². The maximum Gasteiger partial charge on any atom is 0.138 e. The largest absolute Gasteiger partial charge is 0.373 e. The molecule has 106 valence electrons. The quantitative estimate of drug-likeness (QED) is 0.876. The first-order chi connectivity index (χ1) is 8.90. The lowest BCUT2D eigenvalue weighted by Crippen LogP contribution is -2.24. The number of rotatable bonds is 3. The van der Waals surface area contributed by atoms with E-state index in [0.717, 1.165) is 23.4 Å². The van der Waals surface area contributed by atoms with Gasteiger partial charge in [0, 0.05) is 24.6 Å². The number of aromatic nitrogens is 2. The van der Waals surface area contributed by atoms with E-state index in [9.17, 15) is 0 Å². The van der Waals surface area contributed by atoms with Crippen molar-refractivity contribution in [2.75, 3.05) is 17.7 Å². The Bertz CT molecular complexity index is 436. The van der Waals surface area contributed by atoms with E-state index >= 15 is 0 Å². The standard InChI is InChI=1S/C15H26N4/c1-10-7-6-8-11(10)17-13-9-12(16-5)18-14(19-13)15(2,3)4/h9-11H,6-8H2,1-5H3,(H2,16,17,18,19). The van der Waals surface area contributed by atoms with Crippen LogP contribution in [0.1, 0.15) is 52.8 Å². The first-order valence-corrected chi connectivity index (χ1v) is 7.24. The summed E-state index contributed by atoms with van der Waals surface area (Å²) in [6, 6.07) is 2.55. The maximum atomic E-state index is 4.69. The van der Waals surface area contributed by atoms with Crippen molar-refractivity contribution < 1.29 is 0 Å². The smallest absolute Gasteiger partial charge is 0.138 e. The van der Waals surface area contributed by atoms with Gasteiger partial charge in [0.25, 0.3) is 0 Å². The predicted molar refractivity (Wildman–Crippen MR) is 80.7 cm³/mol. The van der Waals surface area contributed by atoms with Gasteiger partial charge in [0.2, 0.25) is 0 Å². The minimum Gasteiger partial charge on any atom is -0.373 e. The van der Waals surface area contributed by atoms with Gasteiger partial charge in [0.1, 0.15) is 17.5 Å². The van der Waals surface area contributed by atoms with Crippen molar-refractivity contribution in [1.29, 1.82) is 0 Å². The minimum atomic E-state index is -0.0371. The third-order valence-electron chi connectivity index (χ3n) is 3.85. The number of anilines is 2. The second kappa shape index (κ2) is 5.35. The summed E-state index contributed by atoms with van der Waals surface area (Å²) < 4.78 is 0. The average Bonchev–Trinajstić information content (AvgIpc) is 2.73. The van der Waals surface area contributed by atoms with Crippen LogP contribution in [0.4, 0.5) is 11.6 Å². The SMILES string of the molecule is CNc1cc(NC2CCCC2C)nc(C(C)(C)C)n1. The van der Waals surface area contributed by atoms with Gasteiger partial charge in [0.05, 0.1) is 0 Å². The predicted octanol–water partition coefficient (Wildman–Crippen LogP) is 3.42. The Kier molecular flexibility index (Phi) is 3.97. The summed E-state index contributed by atoms with van der Waals surface area (Å²) in [7, 11) is 1.90.